The number of hydrogen-bond acceptors (Lipinski definition) is 3. The van der Waals surface area contributed by atoms with E-state index in [9.17, 15) is 19.4 Å². The molecule has 1 aromatic carbocycles. The van der Waals surface area contributed by atoms with E-state index in [0.29, 0.717) is 16.6 Å². The van der Waals surface area contributed by atoms with Gasteiger partial charge in [-0.3, -0.25) is 0 Å². The quantitative estimate of drug-likeness (QED) is 0.776. The van der Waals surface area contributed by atoms with Crippen LogP contribution in [0.15, 0.2) is 42.6 Å². The van der Waals surface area contributed by atoms with Gasteiger partial charge in [0, 0.05) is 10.9 Å². The highest BCUT2D eigenvalue weighted by Crippen LogP contribution is 2.23. The van der Waals surface area contributed by atoms with Crippen LogP contribution in [0.5, 0.6) is 5.75 Å². The molecule has 0 aliphatic rings. The number of rotatable bonds is 3. The molecular formula is C15H11FN2O3. The van der Waals surface area contributed by atoms with Gasteiger partial charge >= 0.3 is 5.97 Å². The Morgan fingerprint density at radius 1 is 1.29 bits per heavy atom. The van der Waals surface area contributed by atoms with E-state index in [4.69, 9.17) is 0 Å². The third kappa shape index (κ3) is 2.31. The summed E-state index contributed by atoms with van der Waals surface area (Å²) in [5.41, 5.74) is 0.743. The van der Waals surface area contributed by atoms with Crippen LogP contribution < -0.4 is 0 Å². The Labute approximate surface area is 118 Å². The molecule has 0 saturated carbocycles. The van der Waals surface area contributed by atoms with E-state index in [1.165, 1.54) is 29.0 Å². The minimum Gasteiger partial charge on any atom is -0.506 e. The number of benzene rings is 1. The lowest BCUT2D eigenvalue weighted by molar-refractivity contribution is 0.0686. The number of aromatic nitrogens is 2. The number of carbonyl (C=O) groups is 1. The van der Waals surface area contributed by atoms with Gasteiger partial charge in [-0.1, -0.05) is 18.2 Å². The van der Waals surface area contributed by atoms with Crippen LogP contribution in [0.2, 0.25) is 0 Å². The van der Waals surface area contributed by atoms with Crippen molar-refractivity contribution in [2.24, 2.45) is 0 Å². The highest BCUT2D eigenvalue weighted by atomic mass is 19.1. The van der Waals surface area contributed by atoms with E-state index in [-0.39, 0.29) is 18.0 Å². The van der Waals surface area contributed by atoms with Gasteiger partial charge in [-0.15, -0.1) is 0 Å². The highest BCUT2D eigenvalue weighted by Gasteiger charge is 2.17. The zero-order chi connectivity index (χ0) is 15.0. The summed E-state index contributed by atoms with van der Waals surface area (Å²) in [7, 11) is 0. The van der Waals surface area contributed by atoms with E-state index >= 15 is 0 Å². The zero-order valence-corrected chi connectivity index (χ0v) is 10.8. The molecule has 0 radical (unpaired) electrons. The fourth-order valence-electron chi connectivity index (χ4n) is 2.27. The van der Waals surface area contributed by atoms with Crippen molar-refractivity contribution in [3.63, 3.8) is 0 Å². The second-order valence-corrected chi connectivity index (χ2v) is 4.62. The van der Waals surface area contributed by atoms with Crippen LogP contribution in [0.4, 0.5) is 4.39 Å². The van der Waals surface area contributed by atoms with Crippen LogP contribution in [0.25, 0.3) is 11.0 Å². The number of aromatic hydroxyl groups is 1. The van der Waals surface area contributed by atoms with Crippen molar-refractivity contribution in [2.45, 2.75) is 6.54 Å². The van der Waals surface area contributed by atoms with Crippen LogP contribution in [-0.4, -0.2) is 25.7 Å². The van der Waals surface area contributed by atoms with Gasteiger partial charge in [0.05, 0.1) is 12.7 Å². The van der Waals surface area contributed by atoms with Crippen molar-refractivity contribution >= 4 is 17.0 Å². The molecule has 0 aliphatic carbocycles. The predicted molar refractivity (Wildman–Crippen MR) is 73.9 cm³/mol. The second-order valence-electron chi connectivity index (χ2n) is 4.62. The molecule has 21 heavy (non-hydrogen) atoms. The SMILES string of the molecule is O=C(O)c1cc2cc(O)cnc2n1Cc1ccccc1F. The van der Waals surface area contributed by atoms with E-state index in [2.05, 4.69) is 4.98 Å². The van der Waals surface area contributed by atoms with Gasteiger partial charge in [0.1, 0.15) is 22.9 Å². The van der Waals surface area contributed by atoms with E-state index in [0.717, 1.165) is 0 Å². The van der Waals surface area contributed by atoms with Crippen molar-refractivity contribution in [2.75, 3.05) is 0 Å². The maximum atomic E-state index is 13.8. The van der Waals surface area contributed by atoms with Crippen molar-refractivity contribution in [1.29, 1.82) is 0 Å². The number of pyridine rings is 1. The number of fused-ring (bicyclic) bond motifs is 1. The summed E-state index contributed by atoms with van der Waals surface area (Å²) in [5.74, 6) is -1.60. The topological polar surface area (TPSA) is 75.3 Å². The van der Waals surface area contributed by atoms with E-state index in [1.807, 2.05) is 0 Å². The van der Waals surface area contributed by atoms with E-state index in [1.54, 1.807) is 18.2 Å². The molecule has 2 aromatic heterocycles. The molecule has 0 bridgehead atoms. The summed E-state index contributed by atoms with van der Waals surface area (Å²) in [5, 5.41) is 19.2. The van der Waals surface area contributed by atoms with Gasteiger partial charge in [-0.05, 0) is 18.2 Å². The molecule has 5 nitrogen and oxygen atoms in total. The summed E-state index contributed by atoms with van der Waals surface area (Å²) >= 11 is 0. The minimum atomic E-state index is -1.14. The Morgan fingerprint density at radius 3 is 2.76 bits per heavy atom. The number of hydrogen-bond donors (Lipinski definition) is 2. The first-order valence-electron chi connectivity index (χ1n) is 6.21. The average molecular weight is 286 g/mol. The summed E-state index contributed by atoms with van der Waals surface area (Å²) in [6.45, 7) is 0.0512. The minimum absolute atomic E-state index is 0.00801. The first-order chi connectivity index (χ1) is 10.1. The normalized spacial score (nSPS) is 10.9. The Morgan fingerprint density at radius 2 is 2.05 bits per heavy atom. The third-order valence-electron chi connectivity index (χ3n) is 3.22. The number of halogens is 1. The maximum Gasteiger partial charge on any atom is 0.352 e. The van der Waals surface area contributed by atoms with Gasteiger partial charge in [0.25, 0.3) is 0 Å². The van der Waals surface area contributed by atoms with Gasteiger partial charge in [0.15, 0.2) is 0 Å². The molecule has 106 valence electrons. The first kappa shape index (κ1) is 13.1. The monoisotopic (exact) mass is 286 g/mol. The molecule has 3 rings (SSSR count). The van der Waals surface area contributed by atoms with Crippen LogP contribution in [0, 0.1) is 5.82 Å². The Balaban J connectivity index is 2.18. The first-order valence-corrected chi connectivity index (χ1v) is 6.21. The Hall–Kier alpha value is -2.89. The Bertz CT molecular complexity index is 842. The summed E-state index contributed by atoms with van der Waals surface area (Å²) in [6, 6.07) is 9.00. The number of carboxylic acid groups (broad SMARTS) is 1. The van der Waals surface area contributed by atoms with Crippen LogP contribution in [-0.2, 0) is 6.54 Å². The predicted octanol–water partition coefficient (Wildman–Crippen LogP) is 2.63. The molecule has 6 heteroatoms. The molecule has 0 aliphatic heterocycles. The molecular weight excluding hydrogens is 275 g/mol. The highest BCUT2D eigenvalue weighted by molar-refractivity contribution is 5.93. The standard InChI is InChI=1S/C15H11FN2O3/c16-12-4-2-1-3-9(12)8-18-13(15(20)21)6-10-5-11(19)7-17-14(10)18/h1-7,19H,8H2,(H,20,21). The zero-order valence-electron chi connectivity index (χ0n) is 10.8. The van der Waals surface area contributed by atoms with Crippen molar-refractivity contribution in [1.82, 2.24) is 9.55 Å². The smallest absolute Gasteiger partial charge is 0.352 e. The largest absolute Gasteiger partial charge is 0.506 e. The van der Waals surface area contributed by atoms with Gasteiger partial charge in [-0.2, -0.15) is 0 Å². The molecule has 0 amide bonds. The number of nitrogens with zero attached hydrogens (tertiary/aromatic N) is 2. The molecule has 0 atom stereocenters. The molecule has 3 aromatic rings. The average Bonchev–Trinajstić information content (AvgIpc) is 2.79. The number of carboxylic acids is 1. The van der Waals surface area contributed by atoms with Crippen molar-refractivity contribution in [3.8, 4) is 5.75 Å². The molecule has 0 fully saturated rings. The van der Waals surface area contributed by atoms with Crippen molar-refractivity contribution < 1.29 is 19.4 Å². The third-order valence-corrected chi connectivity index (χ3v) is 3.22. The van der Waals surface area contributed by atoms with E-state index < -0.39 is 11.8 Å². The van der Waals surface area contributed by atoms with Crippen LogP contribution in [0.3, 0.4) is 0 Å². The van der Waals surface area contributed by atoms with Gasteiger partial charge < -0.3 is 14.8 Å². The summed E-state index contributed by atoms with van der Waals surface area (Å²) in [6.07, 6.45) is 1.23. The fraction of sp³-hybridized carbons (Fsp3) is 0.0667. The molecule has 0 spiro atoms. The van der Waals surface area contributed by atoms with Gasteiger partial charge in [-0.25, -0.2) is 14.2 Å². The second kappa shape index (κ2) is 4.90. The summed E-state index contributed by atoms with van der Waals surface area (Å²) < 4.78 is 15.2. The van der Waals surface area contributed by atoms with Crippen LogP contribution >= 0.6 is 0 Å². The van der Waals surface area contributed by atoms with Crippen LogP contribution in [0.1, 0.15) is 16.1 Å². The lowest BCUT2D eigenvalue weighted by Gasteiger charge is -2.08. The van der Waals surface area contributed by atoms with Crippen molar-refractivity contribution in [3.05, 3.63) is 59.7 Å². The fourth-order valence-corrected chi connectivity index (χ4v) is 2.27. The van der Waals surface area contributed by atoms with Gasteiger partial charge in [0.2, 0.25) is 0 Å². The molecule has 2 heterocycles. The summed E-state index contributed by atoms with van der Waals surface area (Å²) in [4.78, 5) is 15.4. The Kier molecular flexibility index (Phi) is 3.06. The lowest BCUT2D eigenvalue weighted by atomic mass is 10.2. The molecule has 0 unspecified atom stereocenters. The maximum absolute atomic E-state index is 13.8. The molecule has 2 N–H and O–H groups in total. The molecule has 0 saturated heterocycles. The lowest BCUT2D eigenvalue weighted by Crippen LogP contribution is -2.10. The number of aromatic carboxylic acids is 1.